The second-order valence-electron chi connectivity index (χ2n) is 11.3. The predicted octanol–water partition coefficient (Wildman–Crippen LogP) is -0.297. The van der Waals surface area contributed by atoms with Crippen molar-refractivity contribution in [1.82, 2.24) is 36.6 Å². The zero-order valence-corrected chi connectivity index (χ0v) is 23.3. The van der Waals surface area contributed by atoms with Gasteiger partial charge in [0, 0.05) is 63.7 Å². The van der Waals surface area contributed by atoms with Crippen molar-refractivity contribution in [3.8, 4) is 0 Å². The van der Waals surface area contributed by atoms with E-state index in [9.17, 15) is 9.59 Å². The molecule has 2 amide bonds. The van der Waals surface area contributed by atoms with Crippen LogP contribution in [0.4, 0.5) is 0 Å². The number of carbonyl (C=O) groups is 2. The monoisotopic (exact) mass is 543 g/mol. The highest BCUT2D eigenvalue weighted by Gasteiger charge is 2.48. The Morgan fingerprint density at radius 3 is 2.56 bits per heavy atom. The molecule has 36 heavy (non-hydrogen) atoms. The van der Waals surface area contributed by atoms with Gasteiger partial charge in [-0.1, -0.05) is 0 Å². The van der Waals surface area contributed by atoms with E-state index < -0.39 is 0 Å². The zero-order chi connectivity index (χ0) is 25.6. The van der Waals surface area contributed by atoms with Gasteiger partial charge in [0.05, 0.1) is 17.5 Å². The van der Waals surface area contributed by atoms with Crippen LogP contribution >= 0.6 is 23.4 Å². The Kier molecular flexibility index (Phi) is 8.39. The second-order valence-corrected chi connectivity index (χ2v) is 13.2. The molecule has 204 valence electrons. The van der Waals surface area contributed by atoms with Crippen molar-refractivity contribution in [1.29, 1.82) is 0 Å². The average Bonchev–Trinajstić information content (AvgIpc) is 3.50. The maximum absolute atomic E-state index is 13.6. The van der Waals surface area contributed by atoms with Crippen molar-refractivity contribution in [2.45, 2.75) is 79.6 Å². The van der Waals surface area contributed by atoms with Crippen molar-refractivity contribution >= 4 is 35.2 Å². The Labute approximate surface area is 223 Å². The molecule has 10 nitrogen and oxygen atoms in total. The lowest BCUT2D eigenvalue weighted by Gasteiger charge is -2.45. The number of likely N-dealkylation sites (N-methyl/N-ethyl adjacent to an activating group) is 1. The molecular formula is C24H42ClN7O3S. The lowest BCUT2D eigenvalue weighted by Crippen LogP contribution is -2.57. The smallest absolute Gasteiger partial charge is 0.241 e. The van der Waals surface area contributed by atoms with Crippen molar-refractivity contribution < 1.29 is 14.3 Å². The molecule has 0 aromatic carbocycles. The average molecular weight is 544 g/mol. The summed E-state index contributed by atoms with van der Waals surface area (Å²) in [4.78, 5) is 28.6. The van der Waals surface area contributed by atoms with Crippen molar-refractivity contribution in [3.63, 3.8) is 0 Å². The highest BCUT2D eigenvalue weighted by molar-refractivity contribution is 8.00. The molecule has 0 radical (unpaired) electrons. The summed E-state index contributed by atoms with van der Waals surface area (Å²) in [6.45, 7) is 7.08. The molecule has 11 atom stereocenters. The third kappa shape index (κ3) is 5.54. The molecule has 5 fully saturated rings. The number of alkyl halides is 1. The van der Waals surface area contributed by atoms with E-state index in [0.29, 0.717) is 31.7 Å². The molecule has 5 rings (SSSR count). The van der Waals surface area contributed by atoms with E-state index in [1.54, 1.807) is 18.9 Å². The molecule has 0 aromatic rings. The lowest BCUT2D eigenvalue weighted by atomic mass is 9.70. The topological polar surface area (TPSA) is 110 Å². The van der Waals surface area contributed by atoms with E-state index >= 15 is 0 Å². The Balaban J connectivity index is 1.17. The number of fused-ring (bicyclic) bond motifs is 1. The maximum Gasteiger partial charge on any atom is 0.241 e. The van der Waals surface area contributed by atoms with E-state index in [1.165, 1.54) is 0 Å². The first kappa shape index (κ1) is 26.9. The Bertz CT molecular complexity index is 813. The normalized spacial score (nSPS) is 45.6. The number of methoxy groups -OCH3 is 1. The molecule has 5 saturated heterocycles. The van der Waals surface area contributed by atoms with Crippen LogP contribution in [0.2, 0.25) is 0 Å². The summed E-state index contributed by atoms with van der Waals surface area (Å²) in [6, 6.07) is 0.773. The number of nitrogens with zero attached hydrogens (tertiary/aromatic N) is 2. The molecule has 5 aliphatic rings. The first-order chi connectivity index (χ1) is 17.2. The fourth-order valence-corrected chi connectivity index (χ4v) is 8.61. The number of nitrogens with one attached hydrogen (secondary N) is 5. The minimum absolute atomic E-state index is 0.0598. The van der Waals surface area contributed by atoms with Gasteiger partial charge in [-0.2, -0.15) is 0 Å². The number of thioether (sulfide) groups is 1. The maximum atomic E-state index is 13.6. The third-order valence-corrected chi connectivity index (χ3v) is 10.5. The van der Waals surface area contributed by atoms with Gasteiger partial charge in [0.15, 0.2) is 0 Å². The van der Waals surface area contributed by atoms with Crippen LogP contribution in [0.1, 0.15) is 33.1 Å². The highest BCUT2D eigenvalue weighted by atomic mass is 35.5. The molecule has 11 unspecified atom stereocenters. The SMILES string of the molecule is COC1CNC(Cl)CC1C1CC(C)NCC1C(=O)NC1NC2CN(C(=O)C3CC(C)NN3C)CC2S1. The first-order valence-electron chi connectivity index (χ1n) is 13.4. The summed E-state index contributed by atoms with van der Waals surface area (Å²) in [5, 5.41) is 15.9. The van der Waals surface area contributed by atoms with Crippen LogP contribution < -0.4 is 26.7 Å². The number of hydrogen-bond donors (Lipinski definition) is 5. The van der Waals surface area contributed by atoms with E-state index in [0.717, 1.165) is 25.8 Å². The summed E-state index contributed by atoms with van der Waals surface area (Å²) in [5.41, 5.74) is 3.09. The van der Waals surface area contributed by atoms with Crippen LogP contribution in [-0.4, -0.2) is 109 Å². The minimum Gasteiger partial charge on any atom is -0.380 e. The van der Waals surface area contributed by atoms with Gasteiger partial charge in [0.1, 0.15) is 11.5 Å². The Morgan fingerprint density at radius 1 is 1.06 bits per heavy atom. The second kappa shape index (κ2) is 11.2. The zero-order valence-electron chi connectivity index (χ0n) is 21.7. The van der Waals surface area contributed by atoms with E-state index in [2.05, 4.69) is 40.5 Å². The van der Waals surface area contributed by atoms with Crippen molar-refractivity contribution in [3.05, 3.63) is 0 Å². The van der Waals surface area contributed by atoms with E-state index in [-0.39, 0.29) is 64.0 Å². The summed E-state index contributed by atoms with van der Waals surface area (Å²) in [6.07, 6.45) is 2.63. The van der Waals surface area contributed by atoms with Gasteiger partial charge in [-0.15, -0.1) is 23.4 Å². The van der Waals surface area contributed by atoms with Gasteiger partial charge in [0.2, 0.25) is 11.8 Å². The van der Waals surface area contributed by atoms with Crippen LogP contribution in [0.5, 0.6) is 0 Å². The molecule has 0 aromatic heterocycles. The molecule has 0 aliphatic carbocycles. The van der Waals surface area contributed by atoms with Crippen LogP contribution in [0.15, 0.2) is 0 Å². The standard InChI is InChI=1S/C24H42ClN7O3S/c1-12-5-14(15-7-21(25)27-9-19(15)35-4)16(8-26-12)22(33)29-24-28-17-10-32(11-20(17)36-24)23(34)18-6-13(2)30-31(18)3/h12-21,24,26-28,30H,5-11H2,1-4H3,(H,29,33). The molecule has 0 spiro atoms. The molecule has 5 N–H and O–H groups in total. The van der Waals surface area contributed by atoms with Crippen LogP contribution in [-0.2, 0) is 14.3 Å². The first-order valence-corrected chi connectivity index (χ1v) is 14.7. The molecule has 0 saturated carbocycles. The Morgan fingerprint density at radius 2 is 1.86 bits per heavy atom. The molecule has 5 heterocycles. The van der Waals surface area contributed by atoms with Crippen molar-refractivity contribution in [2.24, 2.45) is 17.8 Å². The quantitative estimate of drug-likeness (QED) is 0.236. The van der Waals surface area contributed by atoms with Crippen LogP contribution in [0.3, 0.4) is 0 Å². The number of rotatable bonds is 5. The number of likely N-dealkylation sites (tertiary alicyclic amines) is 1. The lowest BCUT2D eigenvalue weighted by molar-refractivity contribution is -0.135. The number of ether oxygens (including phenoxy) is 1. The van der Waals surface area contributed by atoms with Gasteiger partial charge in [-0.05, 0) is 44.9 Å². The Hall–Kier alpha value is -0.660. The largest absolute Gasteiger partial charge is 0.380 e. The van der Waals surface area contributed by atoms with Gasteiger partial charge < -0.3 is 20.3 Å². The predicted molar refractivity (Wildman–Crippen MR) is 141 cm³/mol. The minimum atomic E-state index is -0.132. The summed E-state index contributed by atoms with van der Waals surface area (Å²) < 4.78 is 5.80. The molecule has 5 aliphatic heterocycles. The van der Waals surface area contributed by atoms with Gasteiger partial charge in [-0.25, -0.2) is 5.01 Å². The van der Waals surface area contributed by atoms with Crippen LogP contribution in [0.25, 0.3) is 0 Å². The van der Waals surface area contributed by atoms with E-state index in [4.69, 9.17) is 16.3 Å². The van der Waals surface area contributed by atoms with Gasteiger partial charge >= 0.3 is 0 Å². The van der Waals surface area contributed by atoms with E-state index in [1.807, 2.05) is 17.0 Å². The number of hydrazine groups is 1. The number of piperidine rings is 2. The van der Waals surface area contributed by atoms with Gasteiger partial charge in [0.25, 0.3) is 0 Å². The van der Waals surface area contributed by atoms with Crippen LogP contribution in [0, 0.1) is 17.8 Å². The summed E-state index contributed by atoms with van der Waals surface area (Å²) in [5.74, 6) is 0.619. The molecular weight excluding hydrogens is 502 g/mol. The summed E-state index contributed by atoms with van der Waals surface area (Å²) >= 11 is 8.21. The summed E-state index contributed by atoms with van der Waals surface area (Å²) in [7, 11) is 3.70. The number of halogens is 1. The fourth-order valence-electron chi connectivity index (χ4n) is 6.91. The molecule has 12 heteroatoms. The molecule has 0 bridgehead atoms. The fraction of sp³-hybridized carbons (Fsp3) is 0.917. The number of carbonyl (C=O) groups excluding carboxylic acids is 2. The highest BCUT2D eigenvalue weighted by Crippen LogP contribution is 2.38. The van der Waals surface area contributed by atoms with Gasteiger partial charge in [-0.3, -0.25) is 25.6 Å². The third-order valence-electron chi connectivity index (χ3n) is 8.80. The number of amides is 2. The van der Waals surface area contributed by atoms with Crippen molar-refractivity contribution in [2.75, 3.05) is 40.3 Å². The number of hydrogen-bond acceptors (Lipinski definition) is 9.